The highest BCUT2D eigenvalue weighted by atomic mass is 80.0. The molecule has 0 aromatic heterocycles. The molecule has 0 N–H and O–H groups in total. The minimum absolute atomic E-state index is 0.344. The Labute approximate surface area is 107 Å². The van der Waals surface area contributed by atoms with Gasteiger partial charge in [0.2, 0.25) is 0 Å². The van der Waals surface area contributed by atoms with E-state index in [1.807, 2.05) is 6.07 Å². The van der Waals surface area contributed by atoms with Crippen molar-refractivity contribution in [3.63, 3.8) is 0 Å². The van der Waals surface area contributed by atoms with E-state index in [1.54, 1.807) is 18.2 Å². The normalized spacial score (nSPS) is 11.1. The highest BCUT2D eigenvalue weighted by Crippen LogP contribution is 2.44. The molecule has 0 saturated heterocycles. The SMILES string of the molecule is COC(=O)c1cccc(C(Br)(Br)Br)c1. The average Bonchev–Trinajstić information content (AvgIpc) is 2.15. The molecule has 0 aliphatic rings. The second-order valence-corrected chi connectivity index (χ2v) is 9.33. The predicted octanol–water partition coefficient (Wildman–Crippen LogP) is 3.77. The molecule has 0 amide bonds. The number of halogens is 3. The summed E-state index contributed by atoms with van der Waals surface area (Å²) >= 11 is 10.1. The molecule has 0 aliphatic heterocycles. The lowest BCUT2D eigenvalue weighted by atomic mass is 10.1. The van der Waals surface area contributed by atoms with Gasteiger partial charge in [0, 0.05) is 0 Å². The fourth-order valence-electron chi connectivity index (χ4n) is 0.940. The van der Waals surface area contributed by atoms with Gasteiger partial charge in [-0.1, -0.05) is 59.9 Å². The van der Waals surface area contributed by atoms with E-state index >= 15 is 0 Å². The van der Waals surface area contributed by atoms with E-state index in [4.69, 9.17) is 0 Å². The molecule has 0 heterocycles. The molecule has 0 aliphatic carbocycles. The third-order valence-electron chi connectivity index (χ3n) is 1.61. The zero-order valence-electron chi connectivity index (χ0n) is 7.26. The highest BCUT2D eigenvalue weighted by molar-refractivity contribution is 9.38. The third-order valence-corrected chi connectivity index (χ3v) is 2.98. The Morgan fingerprint density at radius 3 is 2.50 bits per heavy atom. The number of hydrogen-bond acceptors (Lipinski definition) is 2. The van der Waals surface area contributed by atoms with Gasteiger partial charge in [0.05, 0.1) is 12.7 Å². The smallest absolute Gasteiger partial charge is 0.337 e. The number of methoxy groups -OCH3 is 1. The van der Waals surface area contributed by atoms with Gasteiger partial charge in [-0.05, 0) is 17.7 Å². The first kappa shape index (κ1) is 12.2. The largest absolute Gasteiger partial charge is 0.465 e. The summed E-state index contributed by atoms with van der Waals surface area (Å²) < 4.78 is 4.12. The minimum Gasteiger partial charge on any atom is -0.465 e. The third kappa shape index (κ3) is 3.07. The van der Waals surface area contributed by atoms with Crippen LogP contribution < -0.4 is 0 Å². The van der Waals surface area contributed by atoms with Crippen LogP contribution in [0.25, 0.3) is 0 Å². The number of benzene rings is 1. The predicted molar refractivity (Wildman–Crippen MR) is 66.2 cm³/mol. The molecule has 14 heavy (non-hydrogen) atoms. The molecule has 5 heteroatoms. The molecule has 0 spiro atoms. The van der Waals surface area contributed by atoms with Crippen molar-refractivity contribution in [2.45, 2.75) is 2.14 Å². The fourth-order valence-corrected chi connectivity index (χ4v) is 1.68. The molecule has 2 nitrogen and oxygen atoms in total. The Bertz CT molecular complexity index is 344. The van der Waals surface area contributed by atoms with Gasteiger partial charge in [-0.15, -0.1) is 0 Å². The van der Waals surface area contributed by atoms with Crippen molar-refractivity contribution >= 4 is 53.8 Å². The van der Waals surface area contributed by atoms with Gasteiger partial charge >= 0.3 is 5.97 Å². The second kappa shape index (κ2) is 4.77. The van der Waals surface area contributed by atoms with Crippen LogP contribution in [-0.4, -0.2) is 13.1 Å². The molecule has 0 unspecified atom stereocenters. The maximum Gasteiger partial charge on any atom is 0.337 e. The van der Waals surface area contributed by atoms with E-state index in [1.165, 1.54) is 7.11 Å². The zero-order chi connectivity index (χ0) is 10.8. The van der Waals surface area contributed by atoms with Crippen LogP contribution in [-0.2, 0) is 6.88 Å². The van der Waals surface area contributed by atoms with Crippen LogP contribution >= 0.6 is 47.8 Å². The van der Waals surface area contributed by atoms with E-state index < -0.39 is 2.14 Å². The van der Waals surface area contributed by atoms with Crippen molar-refractivity contribution in [1.29, 1.82) is 0 Å². The Kier molecular flexibility index (Phi) is 4.15. The van der Waals surface area contributed by atoms with E-state index in [-0.39, 0.29) is 5.97 Å². The number of carbonyl (C=O) groups excluding carboxylic acids is 1. The van der Waals surface area contributed by atoms with Gasteiger partial charge in [-0.25, -0.2) is 4.79 Å². The quantitative estimate of drug-likeness (QED) is 0.542. The summed E-state index contributed by atoms with van der Waals surface area (Å²) in [5.41, 5.74) is 1.41. The van der Waals surface area contributed by atoms with Crippen LogP contribution in [0.3, 0.4) is 0 Å². The van der Waals surface area contributed by atoms with Crippen molar-refractivity contribution in [2.75, 3.05) is 7.11 Å². The summed E-state index contributed by atoms with van der Waals surface area (Å²) in [6, 6.07) is 7.11. The van der Waals surface area contributed by atoms with Gasteiger partial charge in [0.1, 0.15) is 0 Å². The summed E-state index contributed by atoms with van der Waals surface area (Å²) in [5.74, 6) is -0.344. The van der Waals surface area contributed by atoms with Gasteiger partial charge in [-0.2, -0.15) is 0 Å². The Morgan fingerprint density at radius 1 is 1.36 bits per heavy atom. The number of rotatable bonds is 1. The van der Waals surface area contributed by atoms with Gasteiger partial charge in [-0.3, -0.25) is 0 Å². The summed E-state index contributed by atoms with van der Waals surface area (Å²) in [4.78, 5) is 11.2. The molecule has 1 aromatic carbocycles. The van der Waals surface area contributed by atoms with Gasteiger partial charge in [0.25, 0.3) is 0 Å². The topological polar surface area (TPSA) is 26.3 Å². The lowest BCUT2D eigenvalue weighted by Crippen LogP contribution is -2.04. The summed E-state index contributed by atoms with van der Waals surface area (Å²) in [5, 5.41) is 0. The van der Waals surface area contributed by atoms with Crippen LogP contribution in [0.2, 0.25) is 0 Å². The van der Waals surface area contributed by atoms with E-state index in [0.29, 0.717) is 5.56 Å². The average molecular weight is 387 g/mol. The van der Waals surface area contributed by atoms with Gasteiger partial charge in [0.15, 0.2) is 2.14 Å². The van der Waals surface area contributed by atoms with Crippen LogP contribution in [0.4, 0.5) is 0 Å². The van der Waals surface area contributed by atoms with Crippen LogP contribution in [0, 0.1) is 0 Å². The van der Waals surface area contributed by atoms with Crippen LogP contribution in [0.15, 0.2) is 24.3 Å². The van der Waals surface area contributed by atoms with Crippen molar-refractivity contribution in [2.24, 2.45) is 0 Å². The molecular weight excluding hydrogens is 380 g/mol. The molecule has 1 rings (SSSR count). The number of hydrogen-bond donors (Lipinski definition) is 0. The zero-order valence-corrected chi connectivity index (χ0v) is 12.0. The molecule has 0 fully saturated rings. The molecule has 0 atom stereocenters. The number of esters is 1. The van der Waals surface area contributed by atoms with E-state index in [9.17, 15) is 4.79 Å². The molecule has 76 valence electrons. The maximum absolute atomic E-state index is 11.2. The molecule has 0 radical (unpaired) electrons. The fraction of sp³-hybridized carbons (Fsp3) is 0.222. The molecule has 0 saturated carbocycles. The van der Waals surface area contributed by atoms with Crippen molar-refractivity contribution in [3.05, 3.63) is 35.4 Å². The number of carbonyl (C=O) groups is 1. The lowest BCUT2D eigenvalue weighted by Gasteiger charge is -2.12. The Morgan fingerprint density at radius 2 is 2.00 bits per heavy atom. The van der Waals surface area contributed by atoms with Crippen LogP contribution in [0.5, 0.6) is 0 Å². The Balaban J connectivity index is 3.08. The molecule has 1 aromatic rings. The molecular formula is C9H7Br3O2. The lowest BCUT2D eigenvalue weighted by molar-refractivity contribution is 0.0600. The first-order valence-corrected chi connectivity index (χ1v) is 6.08. The summed E-state index contributed by atoms with van der Waals surface area (Å²) in [6.07, 6.45) is 0. The van der Waals surface area contributed by atoms with Gasteiger partial charge < -0.3 is 4.74 Å². The first-order valence-electron chi connectivity index (χ1n) is 3.70. The standard InChI is InChI=1S/C9H7Br3O2/c1-14-8(13)6-3-2-4-7(5-6)9(10,11)12/h2-5H,1H3. The number of alkyl halides is 3. The maximum atomic E-state index is 11.2. The first-order chi connectivity index (χ1) is 6.45. The highest BCUT2D eigenvalue weighted by Gasteiger charge is 2.21. The van der Waals surface area contributed by atoms with E-state index in [2.05, 4.69) is 52.5 Å². The summed E-state index contributed by atoms with van der Waals surface area (Å²) in [6.45, 7) is 0. The minimum atomic E-state index is -0.503. The monoisotopic (exact) mass is 384 g/mol. The van der Waals surface area contributed by atoms with Crippen LogP contribution in [0.1, 0.15) is 15.9 Å². The summed E-state index contributed by atoms with van der Waals surface area (Å²) in [7, 11) is 1.36. The van der Waals surface area contributed by atoms with Crippen molar-refractivity contribution in [1.82, 2.24) is 0 Å². The number of ether oxygens (including phenoxy) is 1. The second-order valence-electron chi connectivity index (χ2n) is 2.57. The van der Waals surface area contributed by atoms with Crippen molar-refractivity contribution < 1.29 is 9.53 Å². The van der Waals surface area contributed by atoms with Crippen molar-refractivity contribution in [3.8, 4) is 0 Å². The van der Waals surface area contributed by atoms with E-state index in [0.717, 1.165) is 5.56 Å². The Hall–Kier alpha value is 0.130. The molecule has 0 bridgehead atoms.